The Labute approximate surface area is 157 Å². The van der Waals surface area contributed by atoms with Crippen LogP contribution >= 0.6 is 11.8 Å². The number of hydrogen-bond donors (Lipinski definition) is 1. The zero-order chi connectivity index (χ0) is 18.4. The zero-order valence-corrected chi connectivity index (χ0v) is 15.6. The molecule has 2 aromatic rings. The Morgan fingerprint density at radius 1 is 1.08 bits per heavy atom. The quantitative estimate of drug-likeness (QED) is 0.783. The Morgan fingerprint density at radius 3 is 2.27 bits per heavy atom. The summed E-state index contributed by atoms with van der Waals surface area (Å²) in [4.78, 5) is 4.47. The van der Waals surface area contributed by atoms with Crippen molar-refractivity contribution in [3.63, 3.8) is 0 Å². The van der Waals surface area contributed by atoms with Gasteiger partial charge in [-0.1, -0.05) is 30.0 Å². The van der Waals surface area contributed by atoms with Crippen LogP contribution < -0.4 is 14.9 Å². The third-order valence-corrected chi connectivity index (χ3v) is 5.09. The summed E-state index contributed by atoms with van der Waals surface area (Å²) in [5.74, 6) is 1.65. The summed E-state index contributed by atoms with van der Waals surface area (Å²) < 4.78 is 10.5. The van der Waals surface area contributed by atoms with Gasteiger partial charge >= 0.3 is 0 Å². The fourth-order valence-electron chi connectivity index (χ4n) is 2.56. The van der Waals surface area contributed by atoms with Crippen molar-refractivity contribution in [2.24, 2.45) is 10.1 Å². The number of benzene rings is 2. The number of hydrazone groups is 1. The van der Waals surface area contributed by atoms with Gasteiger partial charge in [-0.3, -0.25) is 10.4 Å². The molecule has 1 atom stereocenters. The maximum absolute atomic E-state index is 5.27. The molecule has 5 nitrogen and oxygen atoms in total. The molecule has 2 aromatic carbocycles. The molecule has 0 amide bonds. The highest BCUT2D eigenvalue weighted by atomic mass is 32.2. The van der Waals surface area contributed by atoms with Gasteiger partial charge in [-0.25, -0.2) is 0 Å². The number of nitrogens with zero attached hydrogens (tertiary/aromatic N) is 2. The summed E-state index contributed by atoms with van der Waals surface area (Å²) in [6.45, 7) is 4.27. The molecule has 3 rings (SSSR count). The number of amidine groups is 1. The van der Waals surface area contributed by atoms with E-state index in [9.17, 15) is 0 Å². The summed E-state index contributed by atoms with van der Waals surface area (Å²) in [5.41, 5.74) is 6.17. The number of hydrogen-bond acceptors (Lipinski definition) is 5. The number of ether oxygens (including phenoxy) is 2. The molecule has 1 heterocycles. The molecule has 6 heteroatoms. The van der Waals surface area contributed by atoms with Crippen molar-refractivity contribution >= 4 is 22.6 Å². The predicted octanol–water partition coefficient (Wildman–Crippen LogP) is 4.03. The first kappa shape index (κ1) is 18.1. The van der Waals surface area contributed by atoms with E-state index in [-0.39, 0.29) is 5.25 Å². The van der Waals surface area contributed by atoms with Crippen LogP contribution in [0.5, 0.6) is 11.5 Å². The lowest BCUT2D eigenvalue weighted by Gasteiger charge is -2.25. The number of nitrogens with one attached hydrogen (secondary N) is 1. The highest BCUT2D eigenvalue weighted by Crippen LogP contribution is 2.36. The highest BCUT2D eigenvalue weighted by Gasteiger charge is 2.27. The first-order chi connectivity index (χ1) is 12.7. The summed E-state index contributed by atoms with van der Waals surface area (Å²) in [7, 11) is 3.33. The average molecular weight is 367 g/mol. The molecule has 0 fully saturated rings. The predicted molar refractivity (Wildman–Crippen MR) is 108 cm³/mol. The van der Waals surface area contributed by atoms with Crippen LogP contribution in [0, 0.1) is 0 Å². The number of methoxy groups -OCH3 is 2. The normalized spacial score (nSPS) is 18.0. The molecule has 0 saturated carbocycles. The lowest BCUT2D eigenvalue weighted by Crippen LogP contribution is -2.28. The molecular weight excluding hydrogens is 346 g/mol. The molecule has 0 aromatic heterocycles. The van der Waals surface area contributed by atoms with E-state index < -0.39 is 0 Å². The van der Waals surface area contributed by atoms with Gasteiger partial charge in [0.2, 0.25) is 0 Å². The molecule has 0 aliphatic carbocycles. The smallest absolute Gasteiger partial charge is 0.178 e. The molecule has 0 radical (unpaired) electrons. The van der Waals surface area contributed by atoms with Crippen LogP contribution in [0.1, 0.15) is 16.4 Å². The molecule has 0 saturated heterocycles. The van der Waals surface area contributed by atoms with Gasteiger partial charge in [-0.15, -0.1) is 6.58 Å². The molecule has 1 unspecified atom stereocenters. The second kappa shape index (κ2) is 8.58. The third-order valence-electron chi connectivity index (χ3n) is 3.92. The summed E-state index contributed by atoms with van der Waals surface area (Å²) in [5, 5.41) is 5.41. The SMILES string of the molecule is C=CCN=C1NN=C(c2ccc(OC)cc2)C(c2ccc(OC)cc2)S1. The maximum Gasteiger partial charge on any atom is 0.178 e. The van der Waals surface area contributed by atoms with Crippen molar-refractivity contribution in [1.29, 1.82) is 0 Å². The summed E-state index contributed by atoms with van der Waals surface area (Å²) in [6.07, 6.45) is 1.76. The molecule has 1 N–H and O–H groups in total. The Bertz CT molecular complexity index is 814. The average Bonchev–Trinajstić information content (AvgIpc) is 2.72. The van der Waals surface area contributed by atoms with E-state index >= 15 is 0 Å². The largest absolute Gasteiger partial charge is 0.497 e. The van der Waals surface area contributed by atoms with E-state index in [2.05, 4.69) is 34.2 Å². The van der Waals surface area contributed by atoms with E-state index in [4.69, 9.17) is 9.47 Å². The Morgan fingerprint density at radius 2 is 1.69 bits per heavy atom. The van der Waals surface area contributed by atoms with E-state index in [0.29, 0.717) is 6.54 Å². The first-order valence-electron chi connectivity index (χ1n) is 8.19. The third kappa shape index (κ3) is 4.08. The molecular formula is C20H21N3O2S. The zero-order valence-electron chi connectivity index (χ0n) is 14.8. The van der Waals surface area contributed by atoms with E-state index in [1.54, 1.807) is 32.1 Å². The maximum atomic E-state index is 5.27. The summed E-state index contributed by atoms with van der Waals surface area (Å²) in [6, 6.07) is 16.0. The van der Waals surface area contributed by atoms with Crippen molar-refractivity contribution in [1.82, 2.24) is 5.43 Å². The first-order valence-corrected chi connectivity index (χ1v) is 9.07. The van der Waals surface area contributed by atoms with Crippen LogP contribution in [0.3, 0.4) is 0 Å². The van der Waals surface area contributed by atoms with Crippen molar-refractivity contribution < 1.29 is 9.47 Å². The van der Waals surface area contributed by atoms with Crippen molar-refractivity contribution in [2.75, 3.05) is 20.8 Å². The molecule has 1 aliphatic rings. The molecule has 1 aliphatic heterocycles. The van der Waals surface area contributed by atoms with Gasteiger partial charge in [0.25, 0.3) is 0 Å². The van der Waals surface area contributed by atoms with Crippen molar-refractivity contribution in [3.05, 3.63) is 72.3 Å². The fourth-order valence-corrected chi connectivity index (χ4v) is 3.63. The highest BCUT2D eigenvalue weighted by molar-refractivity contribution is 8.14. The minimum atomic E-state index is 0.0270. The van der Waals surface area contributed by atoms with Crippen LogP contribution in [0.2, 0.25) is 0 Å². The summed E-state index contributed by atoms with van der Waals surface area (Å²) >= 11 is 1.64. The number of aliphatic imine (C=N–C) groups is 1. The van der Waals surface area contributed by atoms with Gasteiger partial charge in [-0.05, 0) is 47.5 Å². The van der Waals surface area contributed by atoms with Crippen LogP contribution in [0.25, 0.3) is 0 Å². The Hall–Kier alpha value is -2.73. The fraction of sp³-hybridized carbons (Fsp3) is 0.200. The molecule has 0 spiro atoms. The standard InChI is InChI=1S/C20H21N3O2S/c1-4-13-21-20-23-22-18(14-5-9-16(24-2)10-6-14)19(26-20)15-7-11-17(25-3)12-8-15/h4-12,19H,1,13H2,2-3H3,(H,21,23). The minimum Gasteiger partial charge on any atom is -0.497 e. The van der Waals surface area contributed by atoms with Gasteiger partial charge in [0.05, 0.1) is 31.7 Å². The van der Waals surface area contributed by atoms with Crippen molar-refractivity contribution in [3.8, 4) is 11.5 Å². The van der Waals surface area contributed by atoms with Crippen LogP contribution in [0.15, 0.2) is 71.3 Å². The van der Waals surface area contributed by atoms with Gasteiger partial charge in [0.1, 0.15) is 11.5 Å². The van der Waals surface area contributed by atoms with Crippen LogP contribution in [0.4, 0.5) is 0 Å². The van der Waals surface area contributed by atoms with Gasteiger partial charge < -0.3 is 9.47 Å². The van der Waals surface area contributed by atoms with Gasteiger partial charge in [0, 0.05) is 0 Å². The van der Waals surface area contributed by atoms with E-state index in [1.807, 2.05) is 36.4 Å². The Balaban J connectivity index is 1.96. The number of thioether (sulfide) groups is 1. The Kier molecular flexibility index (Phi) is 5.96. The molecule has 134 valence electrons. The lowest BCUT2D eigenvalue weighted by atomic mass is 10.0. The van der Waals surface area contributed by atoms with Crippen molar-refractivity contribution in [2.45, 2.75) is 5.25 Å². The van der Waals surface area contributed by atoms with Crippen LogP contribution in [-0.2, 0) is 0 Å². The van der Waals surface area contributed by atoms with E-state index in [1.165, 1.54) is 0 Å². The minimum absolute atomic E-state index is 0.0270. The van der Waals surface area contributed by atoms with Crippen LogP contribution in [-0.4, -0.2) is 31.6 Å². The van der Waals surface area contributed by atoms with Gasteiger partial charge in [0.15, 0.2) is 5.17 Å². The lowest BCUT2D eigenvalue weighted by molar-refractivity contribution is 0.414. The second-order valence-electron chi connectivity index (χ2n) is 5.54. The topological polar surface area (TPSA) is 55.2 Å². The molecule has 0 bridgehead atoms. The monoisotopic (exact) mass is 367 g/mol. The number of rotatable bonds is 6. The molecule has 26 heavy (non-hydrogen) atoms. The van der Waals surface area contributed by atoms with Gasteiger partial charge in [-0.2, -0.15) is 5.10 Å². The second-order valence-corrected chi connectivity index (χ2v) is 6.64. The van der Waals surface area contributed by atoms with E-state index in [0.717, 1.165) is 33.5 Å².